The van der Waals surface area contributed by atoms with E-state index in [9.17, 15) is 13.2 Å². The number of hydrogen-bond donors (Lipinski definition) is 2. The molecule has 1 unspecified atom stereocenters. The largest absolute Gasteiger partial charge is 0.379 e. The van der Waals surface area contributed by atoms with Gasteiger partial charge in [0, 0.05) is 32.8 Å². The Balaban J connectivity index is 1.80. The van der Waals surface area contributed by atoms with Crippen molar-refractivity contribution in [1.29, 1.82) is 0 Å². The topological polar surface area (TPSA) is 105 Å². The number of nitrogens with two attached hydrogens (primary N) is 1. The summed E-state index contributed by atoms with van der Waals surface area (Å²) in [6.07, 6.45) is 0.822. The molecule has 0 bridgehead atoms. The number of carbonyl (C=O) groups excluding carboxylic acids is 1. The zero-order valence-corrected chi connectivity index (χ0v) is 10.9. The molecule has 2 fully saturated rings. The molecule has 2 heterocycles. The standard InChI is InChI=1S/C9H18N4O4S/c10-18(15,16)13-4-2-12(3-5-13)9(14)11-8-1-6-17-7-8/h8H,1-7H2,(H,11,14)(H2,10,15,16). The van der Waals surface area contributed by atoms with Gasteiger partial charge in [-0.25, -0.2) is 9.93 Å². The SMILES string of the molecule is NS(=O)(=O)N1CCN(C(=O)NC2CCOC2)CC1. The number of nitrogens with zero attached hydrogens (tertiary/aromatic N) is 2. The van der Waals surface area contributed by atoms with Crippen LogP contribution in [-0.4, -0.2) is 69.1 Å². The van der Waals surface area contributed by atoms with Crippen molar-refractivity contribution in [3.63, 3.8) is 0 Å². The molecule has 2 aliphatic rings. The van der Waals surface area contributed by atoms with E-state index in [0.717, 1.165) is 6.42 Å². The van der Waals surface area contributed by atoms with Crippen molar-refractivity contribution in [1.82, 2.24) is 14.5 Å². The number of ether oxygens (including phenoxy) is 1. The van der Waals surface area contributed by atoms with Crippen molar-refractivity contribution in [2.45, 2.75) is 12.5 Å². The summed E-state index contributed by atoms with van der Waals surface area (Å²) in [6.45, 7) is 2.42. The van der Waals surface area contributed by atoms with Gasteiger partial charge in [0.2, 0.25) is 0 Å². The Hall–Kier alpha value is -0.900. The first kappa shape index (κ1) is 13.5. The Morgan fingerprint density at radius 2 is 1.94 bits per heavy atom. The van der Waals surface area contributed by atoms with Crippen LogP contribution < -0.4 is 10.5 Å². The van der Waals surface area contributed by atoms with Crippen LogP contribution in [0.25, 0.3) is 0 Å². The number of rotatable bonds is 2. The van der Waals surface area contributed by atoms with Gasteiger partial charge in [-0.3, -0.25) is 0 Å². The van der Waals surface area contributed by atoms with Gasteiger partial charge in [-0.05, 0) is 6.42 Å². The fourth-order valence-corrected chi connectivity index (χ4v) is 2.73. The van der Waals surface area contributed by atoms with Crippen LogP contribution in [0.2, 0.25) is 0 Å². The number of nitrogens with one attached hydrogen (secondary N) is 1. The van der Waals surface area contributed by atoms with Crippen molar-refractivity contribution < 1.29 is 17.9 Å². The molecule has 18 heavy (non-hydrogen) atoms. The fraction of sp³-hybridized carbons (Fsp3) is 0.889. The monoisotopic (exact) mass is 278 g/mol. The number of urea groups is 1. The van der Waals surface area contributed by atoms with E-state index in [0.29, 0.717) is 26.3 Å². The van der Waals surface area contributed by atoms with Gasteiger partial charge in [-0.1, -0.05) is 0 Å². The highest BCUT2D eigenvalue weighted by Gasteiger charge is 2.28. The molecule has 0 aromatic rings. The van der Waals surface area contributed by atoms with Crippen molar-refractivity contribution in [3.05, 3.63) is 0 Å². The molecule has 2 rings (SSSR count). The third kappa shape index (κ3) is 3.31. The van der Waals surface area contributed by atoms with Gasteiger partial charge in [0.25, 0.3) is 10.2 Å². The van der Waals surface area contributed by atoms with Gasteiger partial charge in [0.05, 0.1) is 12.6 Å². The molecule has 0 aromatic heterocycles. The van der Waals surface area contributed by atoms with Gasteiger partial charge < -0.3 is 15.0 Å². The molecule has 2 aliphatic heterocycles. The van der Waals surface area contributed by atoms with Crippen LogP contribution in [-0.2, 0) is 14.9 Å². The summed E-state index contributed by atoms with van der Waals surface area (Å²) in [7, 11) is -3.64. The molecule has 8 nitrogen and oxygen atoms in total. The molecular weight excluding hydrogens is 260 g/mol. The molecule has 0 saturated carbocycles. The first-order valence-electron chi connectivity index (χ1n) is 5.88. The summed E-state index contributed by atoms with van der Waals surface area (Å²) in [5.41, 5.74) is 0. The first-order valence-corrected chi connectivity index (χ1v) is 7.38. The summed E-state index contributed by atoms with van der Waals surface area (Å²) in [5.74, 6) is 0. The van der Waals surface area contributed by atoms with Gasteiger partial charge in [0.15, 0.2) is 0 Å². The van der Waals surface area contributed by atoms with Crippen LogP contribution >= 0.6 is 0 Å². The highest BCUT2D eigenvalue weighted by Crippen LogP contribution is 2.07. The lowest BCUT2D eigenvalue weighted by atomic mass is 10.3. The van der Waals surface area contributed by atoms with Crippen LogP contribution in [0.5, 0.6) is 0 Å². The molecule has 0 aromatic carbocycles. The zero-order chi connectivity index (χ0) is 13.2. The smallest absolute Gasteiger partial charge is 0.317 e. The van der Waals surface area contributed by atoms with Crippen LogP contribution in [0.1, 0.15) is 6.42 Å². The molecule has 104 valence electrons. The van der Waals surface area contributed by atoms with Gasteiger partial charge in [-0.2, -0.15) is 12.7 Å². The molecule has 3 N–H and O–H groups in total. The Kier molecular flexibility index (Phi) is 4.05. The first-order chi connectivity index (χ1) is 8.47. The maximum atomic E-state index is 11.9. The molecule has 0 radical (unpaired) electrons. The van der Waals surface area contributed by atoms with Gasteiger partial charge >= 0.3 is 6.03 Å². The maximum absolute atomic E-state index is 11.9. The van der Waals surface area contributed by atoms with Crippen LogP contribution in [0.3, 0.4) is 0 Å². The summed E-state index contributed by atoms with van der Waals surface area (Å²) in [4.78, 5) is 13.5. The van der Waals surface area contributed by atoms with Crippen LogP contribution in [0.4, 0.5) is 4.79 Å². The molecule has 2 amide bonds. The van der Waals surface area contributed by atoms with Crippen molar-refractivity contribution in [2.24, 2.45) is 5.14 Å². The van der Waals surface area contributed by atoms with Gasteiger partial charge in [0.1, 0.15) is 0 Å². The quantitative estimate of drug-likeness (QED) is 0.628. The summed E-state index contributed by atoms with van der Waals surface area (Å²) >= 11 is 0. The molecule has 0 spiro atoms. The Bertz CT molecular complexity index is 399. The summed E-state index contributed by atoms with van der Waals surface area (Å²) in [6, 6.07) is -0.103. The van der Waals surface area contributed by atoms with E-state index in [1.54, 1.807) is 4.90 Å². The fourth-order valence-electron chi connectivity index (χ4n) is 2.06. The maximum Gasteiger partial charge on any atom is 0.317 e. The second-order valence-electron chi connectivity index (χ2n) is 4.44. The zero-order valence-electron chi connectivity index (χ0n) is 10.0. The second-order valence-corrected chi connectivity index (χ2v) is 5.99. The normalized spacial score (nSPS) is 26.3. The lowest BCUT2D eigenvalue weighted by Crippen LogP contribution is -2.55. The number of carbonyl (C=O) groups is 1. The predicted molar refractivity (Wildman–Crippen MR) is 64.0 cm³/mol. The van der Waals surface area contributed by atoms with E-state index >= 15 is 0 Å². The Morgan fingerprint density at radius 3 is 2.44 bits per heavy atom. The third-order valence-corrected chi connectivity index (χ3v) is 4.23. The average Bonchev–Trinajstić information content (AvgIpc) is 2.81. The second kappa shape index (κ2) is 5.39. The van der Waals surface area contributed by atoms with E-state index < -0.39 is 10.2 Å². The van der Waals surface area contributed by atoms with Gasteiger partial charge in [-0.15, -0.1) is 0 Å². The lowest BCUT2D eigenvalue weighted by Gasteiger charge is -2.33. The van der Waals surface area contributed by atoms with Crippen LogP contribution in [0, 0.1) is 0 Å². The average molecular weight is 278 g/mol. The number of amides is 2. The molecule has 1 atom stereocenters. The highest BCUT2D eigenvalue weighted by atomic mass is 32.2. The minimum atomic E-state index is -3.64. The third-order valence-electron chi connectivity index (χ3n) is 3.14. The van der Waals surface area contributed by atoms with Crippen molar-refractivity contribution in [3.8, 4) is 0 Å². The van der Waals surface area contributed by atoms with E-state index in [4.69, 9.17) is 9.88 Å². The summed E-state index contributed by atoms with van der Waals surface area (Å²) < 4.78 is 28.6. The van der Waals surface area contributed by atoms with E-state index in [-0.39, 0.29) is 25.2 Å². The van der Waals surface area contributed by atoms with E-state index in [2.05, 4.69) is 5.32 Å². The molecule has 0 aliphatic carbocycles. The van der Waals surface area contributed by atoms with E-state index in [1.165, 1.54) is 4.31 Å². The van der Waals surface area contributed by atoms with Crippen molar-refractivity contribution in [2.75, 3.05) is 39.4 Å². The Labute approximate surface area is 106 Å². The number of piperazine rings is 1. The minimum absolute atomic E-state index is 0.0637. The Morgan fingerprint density at radius 1 is 1.28 bits per heavy atom. The summed E-state index contributed by atoms with van der Waals surface area (Å²) in [5, 5.41) is 7.89. The highest BCUT2D eigenvalue weighted by molar-refractivity contribution is 7.86. The molecular formula is C9H18N4O4S. The predicted octanol–water partition coefficient (Wildman–Crippen LogP) is -1.69. The molecule has 2 saturated heterocycles. The van der Waals surface area contributed by atoms with Crippen molar-refractivity contribution >= 4 is 16.2 Å². The molecule has 9 heteroatoms. The van der Waals surface area contributed by atoms with E-state index in [1.807, 2.05) is 0 Å². The van der Waals surface area contributed by atoms with Crippen LogP contribution in [0.15, 0.2) is 0 Å². The minimum Gasteiger partial charge on any atom is -0.379 e. The lowest BCUT2D eigenvalue weighted by molar-refractivity contribution is 0.162. The number of hydrogen-bond acceptors (Lipinski definition) is 4.